The zero-order valence-corrected chi connectivity index (χ0v) is 26.5. The van der Waals surface area contributed by atoms with Crippen molar-refractivity contribution in [2.45, 2.75) is 90.5 Å². The Kier molecular flexibility index (Phi) is 22.6. The Morgan fingerprint density at radius 1 is 0.795 bits per heavy atom. The SMILES string of the molecule is CCC=CCC=CCC=CCC=CCC=CCC=CCCC(=O)NCCC[C@H](NC(=O)CC=Cc1ccc(C)nc1)C(=O)O. The highest BCUT2D eigenvalue weighted by Gasteiger charge is 2.18. The van der Waals surface area contributed by atoms with Crippen LogP contribution in [0.5, 0.6) is 0 Å². The molecular weight excluding hydrogens is 550 g/mol. The van der Waals surface area contributed by atoms with Crippen LogP contribution < -0.4 is 10.6 Å². The maximum atomic E-state index is 12.2. The van der Waals surface area contributed by atoms with E-state index < -0.39 is 12.0 Å². The molecule has 1 aromatic rings. The average Bonchev–Trinajstić information content (AvgIpc) is 3.00. The van der Waals surface area contributed by atoms with E-state index in [1.165, 1.54) is 0 Å². The summed E-state index contributed by atoms with van der Waals surface area (Å²) < 4.78 is 0. The molecule has 0 unspecified atom stereocenters. The standard InChI is InChI=1S/C37H51N3O4/c1-3-4-5-6-7-8-9-10-11-12-13-14-15-16-17-18-19-20-21-26-35(41)38-30-23-25-34(37(43)44)40-36(42)27-22-24-33-29-28-32(2)39-31-33/h4-5,7-8,10-11,13-14,16-17,19-20,22,24,28-29,31,34H,3,6,9,12,15,18,21,23,25-27,30H2,1-2H3,(H,38,41)(H,40,42)(H,43,44)/t34-/m0/s1. The van der Waals surface area contributed by atoms with Gasteiger partial charge in [0.05, 0.1) is 0 Å². The van der Waals surface area contributed by atoms with Gasteiger partial charge in [-0.15, -0.1) is 0 Å². The van der Waals surface area contributed by atoms with Gasteiger partial charge in [0.2, 0.25) is 11.8 Å². The van der Waals surface area contributed by atoms with Gasteiger partial charge >= 0.3 is 5.97 Å². The summed E-state index contributed by atoms with van der Waals surface area (Å²) in [5, 5.41) is 14.8. The van der Waals surface area contributed by atoms with Crippen LogP contribution in [0.2, 0.25) is 0 Å². The average molecular weight is 602 g/mol. The molecule has 1 rings (SSSR count). The number of aromatic nitrogens is 1. The second-order valence-corrected chi connectivity index (χ2v) is 10.2. The van der Waals surface area contributed by atoms with Gasteiger partial charge in [0.1, 0.15) is 6.04 Å². The lowest BCUT2D eigenvalue weighted by molar-refractivity contribution is -0.141. The summed E-state index contributed by atoms with van der Waals surface area (Å²) >= 11 is 0. The molecule has 0 aliphatic heterocycles. The monoisotopic (exact) mass is 601 g/mol. The van der Waals surface area contributed by atoms with E-state index in [1.54, 1.807) is 18.3 Å². The molecule has 0 aliphatic rings. The van der Waals surface area contributed by atoms with Gasteiger partial charge in [0.25, 0.3) is 0 Å². The van der Waals surface area contributed by atoms with E-state index in [1.807, 2.05) is 25.1 Å². The van der Waals surface area contributed by atoms with Gasteiger partial charge in [-0.3, -0.25) is 14.6 Å². The molecule has 238 valence electrons. The molecule has 7 nitrogen and oxygen atoms in total. The molecule has 3 N–H and O–H groups in total. The number of carbonyl (C=O) groups excluding carboxylic acids is 2. The highest BCUT2D eigenvalue weighted by atomic mass is 16.4. The van der Waals surface area contributed by atoms with Gasteiger partial charge in [-0.1, -0.05) is 98.1 Å². The van der Waals surface area contributed by atoms with Crippen LogP contribution in [0.15, 0.2) is 97.3 Å². The molecule has 0 bridgehead atoms. The van der Waals surface area contributed by atoms with Crippen LogP contribution in [-0.2, 0) is 14.4 Å². The summed E-state index contributed by atoms with van der Waals surface area (Å²) in [5.41, 5.74) is 1.78. The predicted octanol–water partition coefficient (Wildman–Crippen LogP) is 7.74. The minimum Gasteiger partial charge on any atom is -0.480 e. The molecule has 0 aromatic carbocycles. The Labute approximate surface area is 264 Å². The third-order valence-corrected chi connectivity index (χ3v) is 6.31. The maximum absolute atomic E-state index is 12.2. The topological polar surface area (TPSA) is 108 Å². The lowest BCUT2D eigenvalue weighted by Crippen LogP contribution is -2.41. The summed E-state index contributed by atoms with van der Waals surface area (Å²) in [6.45, 7) is 4.40. The van der Waals surface area contributed by atoms with Crippen LogP contribution in [0.1, 0.15) is 88.8 Å². The van der Waals surface area contributed by atoms with Crippen molar-refractivity contribution >= 4 is 23.9 Å². The first-order valence-electron chi connectivity index (χ1n) is 15.7. The number of hydrogen-bond acceptors (Lipinski definition) is 4. The normalized spacial score (nSPS) is 13.0. The smallest absolute Gasteiger partial charge is 0.326 e. The summed E-state index contributed by atoms with van der Waals surface area (Å²) in [6, 6.07) is 2.78. The number of aryl methyl sites for hydroxylation is 1. The fraction of sp³-hybridized carbons (Fsp3) is 0.405. The summed E-state index contributed by atoms with van der Waals surface area (Å²) in [5.74, 6) is -1.53. The van der Waals surface area contributed by atoms with E-state index in [9.17, 15) is 19.5 Å². The van der Waals surface area contributed by atoms with E-state index in [-0.39, 0.29) is 24.7 Å². The first-order valence-corrected chi connectivity index (χ1v) is 15.7. The van der Waals surface area contributed by atoms with Crippen molar-refractivity contribution in [2.24, 2.45) is 0 Å². The third-order valence-electron chi connectivity index (χ3n) is 6.31. The van der Waals surface area contributed by atoms with Crippen molar-refractivity contribution in [3.8, 4) is 0 Å². The van der Waals surface area contributed by atoms with Gasteiger partial charge in [-0.25, -0.2) is 4.79 Å². The number of amides is 2. The van der Waals surface area contributed by atoms with Crippen LogP contribution in [-0.4, -0.2) is 40.5 Å². The Hall–Kier alpha value is -4.26. The fourth-order valence-corrected chi connectivity index (χ4v) is 3.87. The summed E-state index contributed by atoms with van der Waals surface area (Å²) in [6.07, 6.45) is 38.5. The molecule has 0 fully saturated rings. The molecule has 0 saturated carbocycles. The largest absolute Gasteiger partial charge is 0.480 e. The first-order chi connectivity index (χ1) is 21.4. The molecule has 0 radical (unpaired) electrons. The maximum Gasteiger partial charge on any atom is 0.326 e. The number of carboxylic acids is 1. The number of pyridine rings is 1. The predicted molar refractivity (Wildman–Crippen MR) is 182 cm³/mol. The van der Waals surface area contributed by atoms with Crippen LogP contribution in [0.25, 0.3) is 6.08 Å². The Balaban J connectivity index is 2.09. The van der Waals surface area contributed by atoms with Crippen molar-refractivity contribution in [3.05, 3.63) is 109 Å². The molecule has 1 aromatic heterocycles. The molecule has 2 amide bonds. The molecule has 1 heterocycles. The van der Waals surface area contributed by atoms with Crippen LogP contribution >= 0.6 is 0 Å². The van der Waals surface area contributed by atoms with Gasteiger partial charge in [0.15, 0.2) is 0 Å². The second kappa shape index (κ2) is 26.4. The minimum absolute atomic E-state index is 0.0724. The van der Waals surface area contributed by atoms with Crippen molar-refractivity contribution in [1.29, 1.82) is 0 Å². The quantitative estimate of drug-likeness (QED) is 0.0878. The fourth-order valence-electron chi connectivity index (χ4n) is 3.87. The van der Waals surface area contributed by atoms with Crippen LogP contribution in [0, 0.1) is 6.92 Å². The van der Waals surface area contributed by atoms with E-state index in [0.29, 0.717) is 25.8 Å². The Bertz CT molecular complexity index is 1160. The Morgan fingerprint density at radius 3 is 1.89 bits per heavy atom. The zero-order valence-electron chi connectivity index (χ0n) is 26.5. The van der Waals surface area contributed by atoms with Crippen LogP contribution in [0.4, 0.5) is 0 Å². The number of carbonyl (C=O) groups is 3. The number of rotatable bonds is 23. The van der Waals surface area contributed by atoms with Crippen molar-refractivity contribution in [3.63, 3.8) is 0 Å². The highest BCUT2D eigenvalue weighted by Crippen LogP contribution is 2.04. The van der Waals surface area contributed by atoms with Crippen molar-refractivity contribution in [2.75, 3.05) is 6.54 Å². The molecule has 0 saturated heterocycles. The van der Waals surface area contributed by atoms with E-state index >= 15 is 0 Å². The number of carboxylic acid groups (broad SMARTS) is 1. The van der Waals surface area contributed by atoms with Gasteiger partial charge in [0, 0.05) is 31.3 Å². The lowest BCUT2D eigenvalue weighted by atomic mass is 10.1. The summed E-state index contributed by atoms with van der Waals surface area (Å²) in [4.78, 5) is 39.9. The molecule has 7 heteroatoms. The number of hydrogen-bond donors (Lipinski definition) is 3. The lowest BCUT2D eigenvalue weighted by Gasteiger charge is -2.14. The minimum atomic E-state index is -1.09. The number of nitrogens with zero attached hydrogens (tertiary/aromatic N) is 1. The number of allylic oxidation sites excluding steroid dienone is 12. The van der Waals surface area contributed by atoms with E-state index in [2.05, 4.69) is 89.4 Å². The molecule has 0 aliphatic carbocycles. The third kappa shape index (κ3) is 22.4. The molecular formula is C37H51N3O4. The van der Waals surface area contributed by atoms with E-state index in [4.69, 9.17) is 0 Å². The molecule has 1 atom stereocenters. The van der Waals surface area contributed by atoms with Gasteiger partial charge < -0.3 is 15.7 Å². The van der Waals surface area contributed by atoms with Gasteiger partial charge in [-0.2, -0.15) is 0 Å². The summed E-state index contributed by atoms with van der Waals surface area (Å²) in [7, 11) is 0. The van der Waals surface area contributed by atoms with E-state index in [0.717, 1.165) is 49.8 Å². The van der Waals surface area contributed by atoms with Crippen LogP contribution in [0.3, 0.4) is 0 Å². The van der Waals surface area contributed by atoms with Crippen molar-refractivity contribution in [1.82, 2.24) is 15.6 Å². The molecule has 0 spiro atoms. The zero-order chi connectivity index (χ0) is 32.1. The highest BCUT2D eigenvalue weighted by molar-refractivity contribution is 5.84. The number of nitrogens with one attached hydrogen (secondary N) is 2. The first kappa shape index (κ1) is 37.8. The number of aliphatic carboxylic acids is 1. The van der Waals surface area contributed by atoms with Gasteiger partial charge in [-0.05, 0) is 76.3 Å². The Morgan fingerprint density at radius 2 is 1.36 bits per heavy atom. The molecule has 44 heavy (non-hydrogen) atoms. The second-order valence-electron chi connectivity index (χ2n) is 10.2. The van der Waals surface area contributed by atoms with Crippen molar-refractivity contribution < 1.29 is 19.5 Å².